The Hall–Kier alpha value is -2.63. The number of ether oxygens (including phenoxy) is 1. The van der Waals surface area contributed by atoms with Crippen molar-refractivity contribution in [2.75, 3.05) is 12.0 Å². The molecule has 0 amide bonds. The summed E-state index contributed by atoms with van der Waals surface area (Å²) in [5.41, 5.74) is 5.34. The van der Waals surface area contributed by atoms with Gasteiger partial charge in [0.15, 0.2) is 11.5 Å². The summed E-state index contributed by atoms with van der Waals surface area (Å²) in [6, 6.07) is 6.92. The van der Waals surface area contributed by atoms with E-state index in [1.165, 1.54) is 0 Å². The largest absolute Gasteiger partial charge is 0.504 e. The molecule has 0 unspecified atom stereocenters. The Bertz CT molecular complexity index is 636. The second-order valence-electron chi connectivity index (χ2n) is 4.50. The Balaban J connectivity index is 2.09. The summed E-state index contributed by atoms with van der Waals surface area (Å²) in [6.45, 7) is 6.15. The lowest BCUT2D eigenvalue weighted by atomic mass is 10.2. The number of hydrogen-bond donors (Lipinski definition) is 2. The van der Waals surface area contributed by atoms with Crippen LogP contribution in [0, 0.1) is 13.8 Å². The first-order chi connectivity index (χ1) is 10.1. The number of nitrogens with zero attached hydrogens (tertiary/aromatic N) is 3. The van der Waals surface area contributed by atoms with Crippen LogP contribution >= 0.6 is 0 Å². The Morgan fingerprint density at radius 2 is 1.95 bits per heavy atom. The monoisotopic (exact) mass is 286 g/mol. The summed E-state index contributed by atoms with van der Waals surface area (Å²) < 4.78 is 5.32. The maximum absolute atomic E-state index is 9.63. The number of aromatic hydroxyl groups is 1. The molecule has 1 aromatic heterocycles. The van der Waals surface area contributed by atoms with Crippen LogP contribution < -0.4 is 10.2 Å². The van der Waals surface area contributed by atoms with Crippen molar-refractivity contribution in [3.05, 3.63) is 41.2 Å². The van der Waals surface area contributed by atoms with Gasteiger partial charge in [-0.15, -0.1) is 0 Å². The number of nitrogens with one attached hydrogen (secondary N) is 1. The van der Waals surface area contributed by atoms with Crippen molar-refractivity contribution in [3.8, 4) is 11.5 Å². The third kappa shape index (κ3) is 4.17. The fourth-order valence-electron chi connectivity index (χ4n) is 1.82. The maximum Gasteiger partial charge on any atom is 0.243 e. The topological polar surface area (TPSA) is 79.6 Å². The van der Waals surface area contributed by atoms with E-state index in [1.54, 1.807) is 24.4 Å². The molecule has 2 N–H and O–H groups in total. The zero-order valence-electron chi connectivity index (χ0n) is 12.3. The van der Waals surface area contributed by atoms with Gasteiger partial charge in [-0.25, -0.2) is 15.4 Å². The van der Waals surface area contributed by atoms with Crippen LogP contribution in [-0.4, -0.2) is 27.9 Å². The summed E-state index contributed by atoms with van der Waals surface area (Å²) in [6.07, 6.45) is 1.61. The number of anilines is 1. The molecule has 0 spiro atoms. The van der Waals surface area contributed by atoms with Gasteiger partial charge in [0.05, 0.1) is 12.8 Å². The second-order valence-corrected chi connectivity index (χ2v) is 4.50. The van der Waals surface area contributed by atoms with E-state index < -0.39 is 0 Å². The highest BCUT2D eigenvalue weighted by Crippen LogP contribution is 2.26. The molecule has 0 atom stereocenters. The van der Waals surface area contributed by atoms with E-state index in [4.69, 9.17) is 4.74 Å². The molecular weight excluding hydrogens is 268 g/mol. The molecule has 0 bridgehead atoms. The van der Waals surface area contributed by atoms with Crippen molar-refractivity contribution in [1.82, 2.24) is 9.97 Å². The molecule has 1 aromatic carbocycles. The highest BCUT2D eigenvalue weighted by molar-refractivity contribution is 5.81. The Morgan fingerprint density at radius 3 is 2.62 bits per heavy atom. The molecule has 2 aromatic rings. The van der Waals surface area contributed by atoms with Gasteiger partial charge in [-0.3, -0.25) is 0 Å². The molecule has 0 fully saturated rings. The first kappa shape index (κ1) is 14.8. The number of hydrogen-bond acceptors (Lipinski definition) is 6. The second kappa shape index (κ2) is 6.69. The average Bonchev–Trinajstić information content (AvgIpc) is 2.41. The average molecular weight is 286 g/mol. The number of aromatic nitrogens is 2. The molecule has 0 aliphatic carbocycles. The highest BCUT2D eigenvalue weighted by Gasteiger charge is 2.02. The van der Waals surface area contributed by atoms with Gasteiger partial charge in [-0.05, 0) is 50.6 Å². The van der Waals surface area contributed by atoms with Crippen LogP contribution in [0.1, 0.15) is 23.9 Å². The summed E-state index contributed by atoms with van der Waals surface area (Å²) in [5, 5.41) is 13.7. The maximum atomic E-state index is 9.63. The predicted molar refractivity (Wildman–Crippen MR) is 82.0 cm³/mol. The molecule has 0 aliphatic rings. The number of aryl methyl sites for hydroxylation is 2. The standard InChI is InChI=1S/C15H18N4O2/c1-4-21-14-8-12(5-6-13(14)20)9-16-19-15-17-10(2)7-11(3)18-15/h5-9,20H,4H2,1-3H3,(H,17,18,19). The summed E-state index contributed by atoms with van der Waals surface area (Å²) >= 11 is 0. The summed E-state index contributed by atoms with van der Waals surface area (Å²) in [7, 11) is 0. The number of hydrazone groups is 1. The van der Waals surface area contributed by atoms with E-state index >= 15 is 0 Å². The molecule has 0 saturated heterocycles. The SMILES string of the molecule is CCOc1cc(C=NNc2nc(C)cc(C)n2)ccc1O. The van der Waals surface area contributed by atoms with Crippen molar-refractivity contribution in [1.29, 1.82) is 0 Å². The van der Waals surface area contributed by atoms with Gasteiger partial charge >= 0.3 is 0 Å². The van der Waals surface area contributed by atoms with Gasteiger partial charge in [-0.2, -0.15) is 5.10 Å². The Labute approximate surface area is 123 Å². The van der Waals surface area contributed by atoms with Crippen LogP contribution in [0.5, 0.6) is 11.5 Å². The fraction of sp³-hybridized carbons (Fsp3) is 0.267. The van der Waals surface area contributed by atoms with Crippen LogP contribution in [0.25, 0.3) is 0 Å². The number of rotatable bonds is 5. The Morgan fingerprint density at radius 1 is 1.24 bits per heavy atom. The third-order valence-electron chi connectivity index (χ3n) is 2.64. The van der Waals surface area contributed by atoms with Crippen LogP contribution in [0.4, 0.5) is 5.95 Å². The van der Waals surface area contributed by atoms with Crippen molar-refractivity contribution < 1.29 is 9.84 Å². The van der Waals surface area contributed by atoms with Crippen molar-refractivity contribution in [3.63, 3.8) is 0 Å². The summed E-state index contributed by atoms with van der Waals surface area (Å²) in [4.78, 5) is 8.45. The van der Waals surface area contributed by atoms with E-state index in [0.29, 0.717) is 18.3 Å². The first-order valence-corrected chi connectivity index (χ1v) is 6.65. The van der Waals surface area contributed by atoms with Crippen molar-refractivity contribution in [2.24, 2.45) is 5.10 Å². The van der Waals surface area contributed by atoms with Gasteiger partial charge in [0.25, 0.3) is 0 Å². The molecule has 21 heavy (non-hydrogen) atoms. The van der Waals surface area contributed by atoms with E-state index in [-0.39, 0.29) is 5.75 Å². The van der Waals surface area contributed by atoms with Crippen molar-refractivity contribution in [2.45, 2.75) is 20.8 Å². The number of phenolic OH excluding ortho intramolecular Hbond substituents is 1. The molecule has 2 rings (SSSR count). The quantitative estimate of drug-likeness (QED) is 0.652. The zero-order chi connectivity index (χ0) is 15.2. The molecular formula is C15H18N4O2. The minimum Gasteiger partial charge on any atom is -0.504 e. The Kier molecular flexibility index (Phi) is 4.71. The number of phenols is 1. The third-order valence-corrected chi connectivity index (χ3v) is 2.64. The van der Waals surface area contributed by atoms with Gasteiger partial charge in [0.1, 0.15) is 0 Å². The molecule has 0 aliphatic heterocycles. The van der Waals surface area contributed by atoms with Gasteiger partial charge in [-0.1, -0.05) is 0 Å². The van der Waals surface area contributed by atoms with Crippen LogP contribution in [0.2, 0.25) is 0 Å². The lowest BCUT2D eigenvalue weighted by Gasteiger charge is -2.06. The van der Waals surface area contributed by atoms with Gasteiger partial charge < -0.3 is 9.84 Å². The molecule has 1 heterocycles. The smallest absolute Gasteiger partial charge is 0.243 e. The van der Waals surface area contributed by atoms with Crippen LogP contribution in [0.15, 0.2) is 29.4 Å². The summed E-state index contributed by atoms with van der Waals surface area (Å²) in [5.74, 6) is 0.997. The van der Waals surface area contributed by atoms with Crippen LogP contribution in [-0.2, 0) is 0 Å². The molecule has 0 radical (unpaired) electrons. The van der Waals surface area contributed by atoms with Crippen LogP contribution in [0.3, 0.4) is 0 Å². The fourth-order valence-corrected chi connectivity index (χ4v) is 1.82. The molecule has 110 valence electrons. The van der Waals surface area contributed by atoms with Crippen molar-refractivity contribution >= 4 is 12.2 Å². The van der Waals surface area contributed by atoms with E-state index in [0.717, 1.165) is 17.0 Å². The predicted octanol–water partition coefficient (Wildman–Crippen LogP) is 2.64. The van der Waals surface area contributed by atoms with Gasteiger partial charge in [0, 0.05) is 11.4 Å². The minimum atomic E-state index is 0.111. The van der Waals surface area contributed by atoms with E-state index in [2.05, 4.69) is 20.5 Å². The molecule has 6 nitrogen and oxygen atoms in total. The lowest BCUT2D eigenvalue weighted by Crippen LogP contribution is -2.00. The van der Waals surface area contributed by atoms with E-state index in [9.17, 15) is 5.11 Å². The number of benzene rings is 1. The first-order valence-electron chi connectivity index (χ1n) is 6.65. The van der Waals surface area contributed by atoms with Gasteiger partial charge in [0.2, 0.25) is 5.95 Å². The minimum absolute atomic E-state index is 0.111. The highest BCUT2D eigenvalue weighted by atomic mass is 16.5. The lowest BCUT2D eigenvalue weighted by molar-refractivity contribution is 0.318. The normalized spacial score (nSPS) is 10.8. The zero-order valence-corrected chi connectivity index (χ0v) is 12.3. The van der Waals surface area contributed by atoms with E-state index in [1.807, 2.05) is 26.8 Å². The molecule has 6 heteroatoms. The molecule has 0 saturated carbocycles.